The molecule has 2 aromatic heterocycles. The van der Waals surface area contributed by atoms with Crippen LogP contribution in [0.5, 0.6) is 0 Å². The van der Waals surface area contributed by atoms with Crippen LogP contribution in [-0.4, -0.2) is 56.9 Å². The zero-order valence-corrected chi connectivity index (χ0v) is 19.5. The van der Waals surface area contributed by atoms with Gasteiger partial charge in [0.05, 0.1) is 10.4 Å². The summed E-state index contributed by atoms with van der Waals surface area (Å²) < 4.78 is 12.9. The fraction of sp³-hybridized carbons (Fsp3) is 0.650. The van der Waals surface area contributed by atoms with Gasteiger partial charge in [0.1, 0.15) is 18.1 Å². The van der Waals surface area contributed by atoms with Crippen LogP contribution in [0, 0.1) is 0 Å². The second-order valence-electron chi connectivity index (χ2n) is 8.58. The topological polar surface area (TPSA) is 81.5 Å². The molecule has 0 saturated heterocycles. The van der Waals surface area contributed by atoms with Crippen molar-refractivity contribution in [3.8, 4) is 0 Å². The Balaban J connectivity index is 1.68. The standard InChI is InChI=1S/C20H29Cl2N5O3/c1-6-7-29-11-27-10-14(21)15-16(24-18(22)25-17(15)27)23-12-8-13(9-12)26(5)19(28)30-20(2,3)4/h10,12-13H,6-9,11H2,1-5H3,(H,23,24,25). The largest absolute Gasteiger partial charge is 0.444 e. The predicted octanol–water partition coefficient (Wildman–Crippen LogP) is 4.93. The summed E-state index contributed by atoms with van der Waals surface area (Å²) in [6.45, 7) is 8.62. The molecule has 1 aliphatic carbocycles. The lowest BCUT2D eigenvalue weighted by atomic mass is 9.86. The minimum absolute atomic E-state index is 0.104. The number of nitrogens with zero attached hydrogens (tertiary/aromatic N) is 4. The molecule has 3 rings (SSSR count). The van der Waals surface area contributed by atoms with Crippen LogP contribution in [0.1, 0.15) is 47.0 Å². The van der Waals surface area contributed by atoms with Crippen LogP contribution in [-0.2, 0) is 16.2 Å². The molecule has 166 valence electrons. The van der Waals surface area contributed by atoms with Crippen molar-refractivity contribution in [2.45, 2.75) is 71.4 Å². The molecule has 2 heterocycles. The fourth-order valence-corrected chi connectivity index (χ4v) is 3.78. The van der Waals surface area contributed by atoms with Gasteiger partial charge in [-0.3, -0.25) is 0 Å². The monoisotopic (exact) mass is 457 g/mol. The Kier molecular flexibility index (Phi) is 6.99. The number of anilines is 1. The third kappa shape index (κ3) is 5.28. The summed E-state index contributed by atoms with van der Waals surface area (Å²) in [4.78, 5) is 22.6. The highest BCUT2D eigenvalue weighted by atomic mass is 35.5. The van der Waals surface area contributed by atoms with Gasteiger partial charge in [-0.2, -0.15) is 9.97 Å². The van der Waals surface area contributed by atoms with Crippen molar-refractivity contribution in [3.05, 3.63) is 16.5 Å². The molecule has 0 aromatic carbocycles. The van der Waals surface area contributed by atoms with Crippen molar-refractivity contribution in [1.82, 2.24) is 19.4 Å². The summed E-state index contributed by atoms with van der Waals surface area (Å²) in [6.07, 6.45) is 3.94. The Morgan fingerprint density at radius 3 is 2.67 bits per heavy atom. The fourth-order valence-electron chi connectivity index (χ4n) is 3.32. The van der Waals surface area contributed by atoms with Gasteiger partial charge in [0.2, 0.25) is 5.28 Å². The average Bonchev–Trinajstić information content (AvgIpc) is 2.91. The Morgan fingerprint density at radius 1 is 1.33 bits per heavy atom. The van der Waals surface area contributed by atoms with Crippen LogP contribution in [0.15, 0.2) is 6.20 Å². The van der Waals surface area contributed by atoms with E-state index in [2.05, 4.69) is 15.3 Å². The van der Waals surface area contributed by atoms with E-state index in [0.717, 1.165) is 19.3 Å². The first kappa shape index (κ1) is 22.9. The molecule has 0 radical (unpaired) electrons. The smallest absolute Gasteiger partial charge is 0.410 e. The highest BCUT2D eigenvalue weighted by molar-refractivity contribution is 6.36. The van der Waals surface area contributed by atoms with Gasteiger partial charge in [0.15, 0.2) is 5.65 Å². The van der Waals surface area contributed by atoms with Gasteiger partial charge in [-0.1, -0.05) is 18.5 Å². The molecule has 10 heteroatoms. The quantitative estimate of drug-likeness (QED) is 0.468. The molecule has 8 nitrogen and oxygen atoms in total. The Bertz CT molecular complexity index is 906. The van der Waals surface area contributed by atoms with E-state index in [1.807, 2.05) is 32.3 Å². The number of nitrogens with one attached hydrogen (secondary N) is 1. The summed E-state index contributed by atoms with van der Waals surface area (Å²) in [5, 5.41) is 4.79. The van der Waals surface area contributed by atoms with Gasteiger partial charge in [-0.15, -0.1) is 0 Å². The lowest BCUT2D eigenvalue weighted by Gasteiger charge is -2.41. The van der Waals surface area contributed by atoms with Crippen molar-refractivity contribution in [2.75, 3.05) is 19.0 Å². The molecular weight excluding hydrogens is 429 g/mol. The number of fused-ring (bicyclic) bond motifs is 1. The summed E-state index contributed by atoms with van der Waals surface area (Å²) >= 11 is 12.6. The van der Waals surface area contributed by atoms with Crippen LogP contribution < -0.4 is 5.32 Å². The van der Waals surface area contributed by atoms with Crippen molar-refractivity contribution < 1.29 is 14.3 Å². The van der Waals surface area contributed by atoms with E-state index < -0.39 is 5.60 Å². The highest BCUT2D eigenvalue weighted by Crippen LogP contribution is 2.35. The molecule has 1 fully saturated rings. The average molecular weight is 458 g/mol. The van der Waals surface area contributed by atoms with Crippen LogP contribution in [0.4, 0.5) is 10.6 Å². The van der Waals surface area contributed by atoms with E-state index in [0.29, 0.717) is 35.2 Å². The second-order valence-corrected chi connectivity index (χ2v) is 9.33. The maximum atomic E-state index is 12.2. The van der Waals surface area contributed by atoms with Crippen LogP contribution in [0.3, 0.4) is 0 Å². The number of halogens is 2. The number of carbonyl (C=O) groups excluding carboxylic acids is 1. The van der Waals surface area contributed by atoms with E-state index in [1.165, 1.54) is 0 Å². The number of carbonyl (C=O) groups is 1. The van der Waals surface area contributed by atoms with E-state index in [9.17, 15) is 4.79 Å². The summed E-state index contributed by atoms with van der Waals surface area (Å²) in [6, 6.07) is 0.248. The first-order chi connectivity index (χ1) is 14.1. The van der Waals surface area contributed by atoms with Crippen LogP contribution >= 0.6 is 23.2 Å². The van der Waals surface area contributed by atoms with E-state index in [4.69, 9.17) is 32.7 Å². The molecule has 0 spiro atoms. The zero-order valence-electron chi connectivity index (χ0n) is 18.0. The van der Waals surface area contributed by atoms with Gasteiger partial charge in [-0.05, 0) is 51.6 Å². The van der Waals surface area contributed by atoms with Crippen molar-refractivity contribution in [3.63, 3.8) is 0 Å². The zero-order chi connectivity index (χ0) is 22.1. The minimum Gasteiger partial charge on any atom is -0.444 e. The van der Waals surface area contributed by atoms with Gasteiger partial charge in [-0.25, -0.2) is 4.79 Å². The Morgan fingerprint density at radius 2 is 2.03 bits per heavy atom. The molecule has 1 N–H and O–H groups in total. The second kappa shape index (κ2) is 9.16. The number of hydrogen-bond acceptors (Lipinski definition) is 6. The molecule has 30 heavy (non-hydrogen) atoms. The first-order valence-electron chi connectivity index (χ1n) is 10.1. The van der Waals surface area contributed by atoms with Gasteiger partial charge < -0.3 is 24.3 Å². The highest BCUT2D eigenvalue weighted by Gasteiger charge is 2.36. The van der Waals surface area contributed by atoms with Crippen molar-refractivity contribution in [2.24, 2.45) is 0 Å². The summed E-state index contributed by atoms with van der Waals surface area (Å²) in [5.74, 6) is 0.590. The van der Waals surface area contributed by atoms with E-state index >= 15 is 0 Å². The number of rotatable bonds is 7. The summed E-state index contributed by atoms with van der Waals surface area (Å²) in [7, 11) is 1.77. The lowest BCUT2D eigenvalue weighted by molar-refractivity contribution is 0.0132. The summed E-state index contributed by atoms with van der Waals surface area (Å²) in [5.41, 5.74) is 0.112. The molecule has 0 unspecified atom stereocenters. The predicted molar refractivity (Wildman–Crippen MR) is 118 cm³/mol. The molecule has 1 aliphatic rings. The third-order valence-electron chi connectivity index (χ3n) is 4.90. The van der Waals surface area contributed by atoms with Gasteiger partial charge in [0.25, 0.3) is 0 Å². The molecule has 1 saturated carbocycles. The van der Waals surface area contributed by atoms with Crippen LogP contribution in [0.25, 0.3) is 11.0 Å². The molecule has 1 amide bonds. The van der Waals surface area contributed by atoms with E-state index in [1.54, 1.807) is 18.1 Å². The normalized spacial score (nSPS) is 18.9. The minimum atomic E-state index is -0.513. The number of amides is 1. The Hall–Kier alpha value is -1.77. The third-order valence-corrected chi connectivity index (χ3v) is 5.36. The molecular formula is C20H29Cl2N5O3. The molecule has 2 aromatic rings. The number of ether oxygens (including phenoxy) is 2. The number of aromatic nitrogens is 3. The van der Waals surface area contributed by atoms with Crippen molar-refractivity contribution in [1.29, 1.82) is 0 Å². The molecule has 0 atom stereocenters. The Labute approximate surface area is 186 Å². The van der Waals surface area contributed by atoms with Gasteiger partial charge in [0, 0.05) is 31.9 Å². The van der Waals surface area contributed by atoms with Gasteiger partial charge >= 0.3 is 6.09 Å². The van der Waals surface area contributed by atoms with Crippen molar-refractivity contribution >= 4 is 46.1 Å². The maximum Gasteiger partial charge on any atom is 0.410 e. The number of hydrogen-bond donors (Lipinski definition) is 1. The van der Waals surface area contributed by atoms with E-state index in [-0.39, 0.29) is 23.5 Å². The van der Waals surface area contributed by atoms with Crippen LogP contribution in [0.2, 0.25) is 10.3 Å². The molecule has 0 bridgehead atoms. The first-order valence-corrected chi connectivity index (χ1v) is 10.9. The maximum absolute atomic E-state index is 12.2. The lowest BCUT2D eigenvalue weighted by Crippen LogP contribution is -2.51. The molecule has 0 aliphatic heterocycles. The SMILES string of the molecule is CCCOCn1cc(Cl)c2c(NC3CC(N(C)C(=O)OC(C)(C)C)C3)nc(Cl)nc21.